The quantitative estimate of drug-likeness (QED) is 0.828. The van der Waals surface area contributed by atoms with Crippen molar-refractivity contribution in [2.45, 2.75) is 63.2 Å². The summed E-state index contributed by atoms with van der Waals surface area (Å²) in [4.78, 5) is 26.1. The largest absolute Gasteiger partial charge is 0.353 e. The molecule has 1 saturated heterocycles. The van der Waals surface area contributed by atoms with Gasteiger partial charge in [0.25, 0.3) is 0 Å². The molecule has 1 N–H and O–H groups in total. The Morgan fingerprint density at radius 1 is 1.04 bits per heavy atom. The topological polar surface area (TPSA) is 83.6 Å². The van der Waals surface area contributed by atoms with Gasteiger partial charge in [-0.2, -0.15) is 0 Å². The van der Waals surface area contributed by atoms with Crippen molar-refractivity contribution in [2.24, 2.45) is 5.92 Å². The van der Waals surface area contributed by atoms with E-state index < -0.39 is 15.1 Å². The van der Waals surface area contributed by atoms with Gasteiger partial charge in [0.2, 0.25) is 11.8 Å². The van der Waals surface area contributed by atoms with E-state index in [1.54, 1.807) is 4.90 Å². The first-order chi connectivity index (χ1) is 10.8. The Morgan fingerprint density at radius 3 is 2.13 bits per heavy atom. The number of sulfone groups is 1. The SMILES string of the molecule is CC(C(=O)N1CCC(C(=O)NC2CCCCC2)CC1)S(C)(=O)=O. The molecule has 0 aromatic rings. The molecule has 23 heavy (non-hydrogen) atoms. The number of nitrogens with zero attached hydrogens (tertiary/aromatic N) is 1. The molecule has 1 aliphatic heterocycles. The van der Waals surface area contributed by atoms with Gasteiger partial charge in [0.05, 0.1) is 0 Å². The zero-order valence-corrected chi connectivity index (χ0v) is 14.9. The molecule has 2 amide bonds. The maximum absolute atomic E-state index is 12.3. The molecule has 132 valence electrons. The van der Waals surface area contributed by atoms with Gasteiger partial charge in [-0.3, -0.25) is 9.59 Å². The van der Waals surface area contributed by atoms with E-state index >= 15 is 0 Å². The fourth-order valence-corrected chi connectivity index (χ4v) is 3.88. The lowest BCUT2D eigenvalue weighted by molar-refractivity contribution is -0.135. The summed E-state index contributed by atoms with van der Waals surface area (Å²) < 4.78 is 23.0. The van der Waals surface area contributed by atoms with Crippen molar-refractivity contribution in [1.82, 2.24) is 10.2 Å². The van der Waals surface area contributed by atoms with E-state index in [0.717, 1.165) is 19.1 Å². The summed E-state index contributed by atoms with van der Waals surface area (Å²) in [5.41, 5.74) is 0. The number of hydrogen-bond acceptors (Lipinski definition) is 4. The lowest BCUT2D eigenvalue weighted by atomic mass is 9.92. The lowest BCUT2D eigenvalue weighted by Gasteiger charge is -2.33. The van der Waals surface area contributed by atoms with E-state index in [1.165, 1.54) is 26.2 Å². The minimum absolute atomic E-state index is 0.0606. The van der Waals surface area contributed by atoms with Crippen LogP contribution >= 0.6 is 0 Å². The highest BCUT2D eigenvalue weighted by atomic mass is 32.2. The molecule has 2 rings (SSSR count). The van der Waals surface area contributed by atoms with Crippen LogP contribution in [-0.4, -0.2) is 55.8 Å². The van der Waals surface area contributed by atoms with Crippen LogP contribution in [0.2, 0.25) is 0 Å². The number of hydrogen-bond donors (Lipinski definition) is 1. The van der Waals surface area contributed by atoms with Gasteiger partial charge in [0.1, 0.15) is 5.25 Å². The van der Waals surface area contributed by atoms with Gasteiger partial charge in [-0.05, 0) is 32.6 Å². The first-order valence-electron chi connectivity index (χ1n) is 8.57. The smallest absolute Gasteiger partial charge is 0.240 e. The molecule has 1 atom stereocenters. The predicted octanol–water partition coefficient (Wildman–Crippen LogP) is 1.11. The van der Waals surface area contributed by atoms with Gasteiger partial charge in [0.15, 0.2) is 9.84 Å². The summed E-state index contributed by atoms with van der Waals surface area (Å²) in [5, 5.41) is 2.14. The first-order valence-corrected chi connectivity index (χ1v) is 10.5. The van der Waals surface area contributed by atoms with E-state index in [2.05, 4.69) is 5.32 Å². The third-order valence-corrected chi connectivity index (χ3v) is 6.61. The fourth-order valence-electron chi connectivity index (χ4n) is 3.37. The predicted molar refractivity (Wildman–Crippen MR) is 88.6 cm³/mol. The van der Waals surface area contributed by atoms with Gasteiger partial charge in [-0.25, -0.2) is 8.42 Å². The average molecular weight is 344 g/mol. The van der Waals surface area contributed by atoms with Crippen LogP contribution in [0.1, 0.15) is 51.9 Å². The molecule has 1 saturated carbocycles. The number of rotatable bonds is 4. The van der Waals surface area contributed by atoms with E-state index in [4.69, 9.17) is 0 Å². The standard InChI is InChI=1S/C16H28N2O4S/c1-12(23(2,21)22)16(20)18-10-8-13(9-11-18)15(19)17-14-6-4-3-5-7-14/h12-14H,3-11H2,1-2H3,(H,17,19). The number of carbonyl (C=O) groups is 2. The maximum atomic E-state index is 12.3. The highest BCUT2D eigenvalue weighted by Crippen LogP contribution is 2.22. The average Bonchev–Trinajstić information content (AvgIpc) is 2.53. The van der Waals surface area contributed by atoms with Gasteiger partial charge in [-0.15, -0.1) is 0 Å². The molecule has 7 heteroatoms. The second-order valence-corrected chi connectivity index (χ2v) is 9.28. The number of amides is 2. The molecule has 1 aliphatic carbocycles. The monoisotopic (exact) mass is 344 g/mol. The summed E-state index contributed by atoms with van der Waals surface area (Å²) in [7, 11) is -3.37. The van der Waals surface area contributed by atoms with Crippen LogP contribution in [0.15, 0.2) is 0 Å². The minimum atomic E-state index is -3.37. The van der Waals surface area contributed by atoms with Crippen LogP contribution in [0.5, 0.6) is 0 Å². The zero-order valence-electron chi connectivity index (χ0n) is 14.1. The molecule has 1 heterocycles. The molecular weight excluding hydrogens is 316 g/mol. The summed E-state index contributed by atoms with van der Waals surface area (Å²) in [6, 6.07) is 0.307. The minimum Gasteiger partial charge on any atom is -0.353 e. The fraction of sp³-hybridized carbons (Fsp3) is 0.875. The van der Waals surface area contributed by atoms with Crippen LogP contribution in [0, 0.1) is 5.92 Å². The van der Waals surface area contributed by atoms with Crippen molar-refractivity contribution < 1.29 is 18.0 Å². The molecule has 2 aliphatic rings. The maximum Gasteiger partial charge on any atom is 0.240 e. The van der Waals surface area contributed by atoms with Crippen molar-refractivity contribution in [3.63, 3.8) is 0 Å². The Labute approximate surface area is 138 Å². The highest BCUT2D eigenvalue weighted by Gasteiger charge is 2.33. The van der Waals surface area contributed by atoms with Crippen LogP contribution in [0.3, 0.4) is 0 Å². The van der Waals surface area contributed by atoms with Crippen LogP contribution < -0.4 is 5.32 Å². The van der Waals surface area contributed by atoms with Gasteiger partial charge in [-0.1, -0.05) is 19.3 Å². The number of piperidine rings is 1. The third-order valence-electron chi connectivity index (χ3n) is 5.12. The van der Waals surface area contributed by atoms with Crippen molar-refractivity contribution in [3.05, 3.63) is 0 Å². The summed E-state index contributed by atoms with van der Waals surface area (Å²) in [5.74, 6) is -0.312. The zero-order chi connectivity index (χ0) is 17.0. The van der Waals surface area contributed by atoms with E-state index in [-0.39, 0.29) is 17.7 Å². The second-order valence-electron chi connectivity index (χ2n) is 6.91. The lowest BCUT2D eigenvalue weighted by Crippen LogP contribution is -2.48. The van der Waals surface area contributed by atoms with Crippen LogP contribution in [-0.2, 0) is 19.4 Å². The molecule has 0 spiro atoms. The third kappa shape index (κ3) is 4.93. The molecular formula is C16H28N2O4S. The second kappa shape index (κ2) is 7.64. The molecule has 1 unspecified atom stereocenters. The Morgan fingerprint density at radius 2 is 1.61 bits per heavy atom. The van der Waals surface area contributed by atoms with Crippen molar-refractivity contribution in [1.29, 1.82) is 0 Å². The van der Waals surface area contributed by atoms with Gasteiger partial charge >= 0.3 is 0 Å². The molecule has 0 radical (unpaired) electrons. The first kappa shape index (κ1) is 18.2. The van der Waals surface area contributed by atoms with Crippen LogP contribution in [0.25, 0.3) is 0 Å². The van der Waals surface area contributed by atoms with Crippen molar-refractivity contribution >= 4 is 21.7 Å². The van der Waals surface area contributed by atoms with Crippen LogP contribution in [0.4, 0.5) is 0 Å². The Hall–Kier alpha value is -1.11. The highest BCUT2D eigenvalue weighted by molar-refractivity contribution is 7.92. The van der Waals surface area contributed by atoms with Crippen molar-refractivity contribution in [3.8, 4) is 0 Å². The Kier molecular flexibility index (Phi) is 6.06. The van der Waals surface area contributed by atoms with E-state index in [0.29, 0.717) is 32.0 Å². The molecule has 2 fully saturated rings. The van der Waals surface area contributed by atoms with Gasteiger partial charge < -0.3 is 10.2 Å². The van der Waals surface area contributed by atoms with E-state index in [9.17, 15) is 18.0 Å². The summed E-state index contributed by atoms with van der Waals surface area (Å²) in [6.07, 6.45) is 8.05. The molecule has 0 aromatic carbocycles. The van der Waals surface area contributed by atoms with Crippen molar-refractivity contribution in [2.75, 3.05) is 19.3 Å². The molecule has 6 nitrogen and oxygen atoms in total. The number of nitrogens with one attached hydrogen (secondary N) is 1. The van der Waals surface area contributed by atoms with E-state index in [1.807, 2.05) is 0 Å². The summed E-state index contributed by atoms with van der Waals surface area (Å²) >= 11 is 0. The number of carbonyl (C=O) groups excluding carboxylic acids is 2. The Balaban J connectivity index is 1.81. The molecule has 0 aromatic heterocycles. The van der Waals surface area contributed by atoms with Gasteiger partial charge in [0, 0.05) is 31.3 Å². The normalized spacial score (nSPS) is 22.6. The Bertz CT molecular complexity index is 532. The summed E-state index contributed by atoms with van der Waals surface area (Å²) in [6.45, 7) is 2.35. The molecule has 0 bridgehead atoms. The number of likely N-dealkylation sites (tertiary alicyclic amines) is 1.